The van der Waals surface area contributed by atoms with Crippen LogP contribution in [0.15, 0.2) is 18.5 Å². The fourth-order valence-electron chi connectivity index (χ4n) is 1.65. The number of alkyl carbamates (subject to hydrolysis) is 1. The van der Waals surface area contributed by atoms with Gasteiger partial charge in [0.15, 0.2) is 5.82 Å². The lowest BCUT2D eigenvalue weighted by atomic mass is 10.2. The fourth-order valence-corrected chi connectivity index (χ4v) is 1.65. The van der Waals surface area contributed by atoms with Crippen molar-refractivity contribution in [1.29, 1.82) is 0 Å². The van der Waals surface area contributed by atoms with Crippen LogP contribution in [0.5, 0.6) is 0 Å². The predicted molar refractivity (Wildman–Crippen MR) is 80.5 cm³/mol. The van der Waals surface area contributed by atoms with E-state index < -0.39 is 17.5 Å². The fraction of sp³-hybridized carbons (Fsp3) is 0.467. The minimum absolute atomic E-state index is 0.0371. The molecule has 6 heteroatoms. The van der Waals surface area contributed by atoms with Crippen LogP contribution in [-0.2, 0) is 11.3 Å². The van der Waals surface area contributed by atoms with E-state index in [4.69, 9.17) is 4.74 Å². The molecule has 0 saturated heterocycles. The van der Waals surface area contributed by atoms with Crippen molar-refractivity contribution in [2.75, 3.05) is 0 Å². The Balaban J connectivity index is 0.00000106. The second-order valence-electron chi connectivity index (χ2n) is 5.19. The van der Waals surface area contributed by atoms with E-state index in [1.807, 2.05) is 13.8 Å². The lowest BCUT2D eigenvalue weighted by molar-refractivity contribution is 0.0522. The molecule has 0 atom stereocenters. The smallest absolute Gasteiger partial charge is 0.407 e. The number of H-pyrrole nitrogens is 1. The summed E-state index contributed by atoms with van der Waals surface area (Å²) in [6.45, 7) is 9.33. The first-order chi connectivity index (χ1) is 9.87. The van der Waals surface area contributed by atoms with E-state index in [-0.39, 0.29) is 6.54 Å². The van der Waals surface area contributed by atoms with Crippen molar-refractivity contribution in [2.24, 2.45) is 0 Å². The molecule has 0 saturated carbocycles. The Morgan fingerprint density at radius 1 is 1.43 bits per heavy atom. The Morgan fingerprint density at radius 2 is 2.10 bits per heavy atom. The molecule has 2 rings (SSSR count). The standard InChI is InChI=1S/C13H16FN3O2.C2H6/c1-13(2,3)19-12(18)16-7-10-11(14)8-6-15-5-4-9(8)17-10;1-2/h4-6,17H,7H2,1-3H3,(H,16,18);1-2H3. The Bertz CT molecular complexity index is 602. The third kappa shape index (κ3) is 4.73. The highest BCUT2D eigenvalue weighted by atomic mass is 19.1. The van der Waals surface area contributed by atoms with Crippen molar-refractivity contribution < 1.29 is 13.9 Å². The number of rotatable bonds is 2. The van der Waals surface area contributed by atoms with E-state index in [0.717, 1.165) is 0 Å². The molecular formula is C15H22FN3O2. The topological polar surface area (TPSA) is 67.0 Å². The van der Waals surface area contributed by atoms with E-state index in [0.29, 0.717) is 16.6 Å². The lowest BCUT2D eigenvalue weighted by Gasteiger charge is -2.19. The summed E-state index contributed by atoms with van der Waals surface area (Å²) < 4.78 is 19.0. The van der Waals surface area contributed by atoms with Crippen molar-refractivity contribution in [3.63, 3.8) is 0 Å². The number of halogens is 1. The summed E-state index contributed by atoms with van der Waals surface area (Å²) in [7, 11) is 0. The van der Waals surface area contributed by atoms with Gasteiger partial charge in [0.05, 0.1) is 23.1 Å². The van der Waals surface area contributed by atoms with Gasteiger partial charge in [-0.25, -0.2) is 9.18 Å². The third-order valence-corrected chi connectivity index (χ3v) is 2.42. The molecule has 2 aromatic rings. The van der Waals surface area contributed by atoms with Gasteiger partial charge >= 0.3 is 6.09 Å². The van der Waals surface area contributed by atoms with Gasteiger partial charge in [0.2, 0.25) is 0 Å². The van der Waals surface area contributed by atoms with Crippen LogP contribution in [0.2, 0.25) is 0 Å². The van der Waals surface area contributed by atoms with Gasteiger partial charge in [-0.1, -0.05) is 13.8 Å². The van der Waals surface area contributed by atoms with Gasteiger partial charge in [-0.05, 0) is 26.8 Å². The van der Waals surface area contributed by atoms with E-state index in [1.54, 1.807) is 33.0 Å². The molecule has 0 aliphatic rings. The number of nitrogens with one attached hydrogen (secondary N) is 2. The molecule has 0 aliphatic heterocycles. The van der Waals surface area contributed by atoms with E-state index in [1.165, 1.54) is 6.20 Å². The summed E-state index contributed by atoms with van der Waals surface area (Å²) in [5.41, 5.74) is 0.370. The summed E-state index contributed by atoms with van der Waals surface area (Å²) >= 11 is 0. The zero-order chi connectivity index (χ0) is 16.0. The maximum Gasteiger partial charge on any atom is 0.407 e. The zero-order valence-corrected chi connectivity index (χ0v) is 13.1. The van der Waals surface area contributed by atoms with Crippen molar-refractivity contribution in [3.05, 3.63) is 30.0 Å². The van der Waals surface area contributed by atoms with E-state index in [2.05, 4.69) is 15.3 Å². The number of hydrogen-bond acceptors (Lipinski definition) is 3. The number of pyridine rings is 1. The summed E-state index contributed by atoms with van der Waals surface area (Å²) in [5.74, 6) is -0.404. The second-order valence-corrected chi connectivity index (χ2v) is 5.19. The Kier molecular flexibility index (Phi) is 5.69. The van der Waals surface area contributed by atoms with Gasteiger partial charge in [-0.2, -0.15) is 0 Å². The number of amides is 1. The number of nitrogens with zero attached hydrogens (tertiary/aromatic N) is 1. The van der Waals surface area contributed by atoms with E-state index in [9.17, 15) is 9.18 Å². The number of aromatic nitrogens is 2. The van der Waals surface area contributed by atoms with Crippen LogP contribution in [-0.4, -0.2) is 21.7 Å². The molecule has 0 aromatic carbocycles. The molecule has 0 fully saturated rings. The van der Waals surface area contributed by atoms with Crippen LogP contribution in [0.25, 0.3) is 10.9 Å². The van der Waals surface area contributed by atoms with Gasteiger partial charge in [0, 0.05) is 12.4 Å². The highest BCUT2D eigenvalue weighted by Crippen LogP contribution is 2.19. The molecule has 0 radical (unpaired) electrons. The normalized spacial score (nSPS) is 10.8. The van der Waals surface area contributed by atoms with Gasteiger partial charge in [0.1, 0.15) is 5.60 Å². The molecule has 5 nitrogen and oxygen atoms in total. The number of aromatic amines is 1. The van der Waals surface area contributed by atoms with Crippen LogP contribution in [0.4, 0.5) is 9.18 Å². The summed E-state index contributed by atoms with van der Waals surface area (Å²) in [4.78, 5) is 18.2. The molecule has 0 aliphatic carbocycles. The average Bonchev–Trinajstić information content (AvgIpc) is 2.74. The molecule has 1 amide bonds. The molecule has 0 spiro atoms. The van der Waals surface area contributed by atoms with E-state index >= 15 is 0 Å². The molecule has 0 unspecified atom stereocenters. The molecule has 116 valence electrons. The van der Waals surface area contributed by atoms with Gasteiger partial charge in [-0.15, -0.1) is 0 Å². The van der Waals surface area contributed by atoms with Gasteiger partial charge < -0.3 is 15.0 Å². The molecule has 2 heterocycles. The van der Waals surface area contributed by atoms with Crippen molar-refractivity contribution in [3.8, 4) is 0 Å². The SMILES string of the molecule is CC.CC(C)(C)OC(=O)NCc1[nH]c2ccncc2c1F. The number of ether oxygens (including phenoxy) is 1. The summed E-state index contributed by atoms with van der Waals surface area (Å²) in [6.07, 6.45) is 2.44. The number of carbonyl (C=O) groups excluding carboxylic acids is 1. The number of hydrogen-bond donors (Lipinski definition) is 2. The van der Waals surface area contributed by atoms with Crippen molar-refractivity contribution >= 4 is 17.0 Å². The highest BCUT2D eigenvalue weighted by molar-refractivity contribution is 5.80. The van der Waals surface area contributed by atoms with Crippen LogP contribution < -0.4 is 5.32 Å². The van der Waals surface area contributed by atoms with Crippen molar-refractivity contribution in [2.45, 2.75) is 46.8 Å². The highest BCUT2D eigenvalue weighted by Gasteiger charge is 2.17. The number of fused-ring (bicyclic) bond motifs is 1. The third-order valence-electron chi connectivity index (χ3n) is 2.42. The molecule has 21 heavy (non-hydrogen) atoms. The zero-order valence-electron chi connectivity index (χ0n) is 13.1. The summed E-state index contributed by atoms with van der Waals surface area (Å²) in [5, 5.41) is 2.91. The molecule has 0 bridgehead atoms. The molecular weight excluding hydrogens is 273 g/mol. The second kappa shape index (κ2) is 7.06. The largest absolute Gasteiger partial charge is 0.444 e. The first-order valence-corrected chi connectivity index (χ1v) is 6.94. The average molecular weight is 295 g/mol. The van der Waals surface area contributed by atoms with Gasteiger partial charge in [-0.3, -0.25) is 4.98 Å². The summed E-state index contributed by atoms with van der Waals surface area (Å²) in [6, 6.07) is 1.68. The maximum absolute atomic E-state index is 14.0. The lowest BCUT2D eigenvalue weighted by Crippen LogP contribution is -2.32. The Hall–Kier alpha value is -2.11. The Morgan fingerprint density at radius 3 is 2.67 bits per heavy atom. The number of carbonyl (C=O) groups is 1. The van der Waals surface area contributed by atoms with Crippen LogP contribution in [0, 0.1) is 5.82 Å². The van der Waals surface area contributed by atoms with Crippen LogP contribution in [0.1, 0.15) is 40.3 Å². The van der Waals surface area contributed by atoms with Crippen LogP contribution in [0.3, 0.4) is 0 Å². The first kappa shape index (κ1) is 16.9. The maximum atomic E-state index is 14.0. The quantitative estimate of drug-likeness (QED) is 0.886. The Labute approximate surface area is 123 Å². The first-order valence-electron chi connectivity index (χ1n) is 6.94. The van der Waals surface area contributed by atoms with Crippen LogP contribution >= 0.6 is 0 Å². The predicted octanol–water partition coefficient (Wildman–Crippen LogP) is 3.75. The molecule has 2 aromatic heterocycles. The minimum atomic E-state index is -0.580. The monoisotopic (exact) mass is 295 g/mol. The minimum Gasteiger partial charge on any atom is -0.444 e. The molecule has 2 N–H and O–H groups in total. The van der Waals surface area contributed by atoms with Crippen molar-refractivity contribution in [1.82, 2.24) is 15.3 Å². The van der Waals surface area contributed by atoms with Gasteiger partial charge in [0.25, 0.3) is 0 Å².